The number of carbonyl (C=O) groups excluding carboxylic acids is 2. The van der Waals surface area contributed by atoms with Crippen molar-refractivity contribution in [2.24, 2.45) is 5.92 Å². The molecule has 8 nitrogen and oxygen atoms in total. The van der Waals surface area contributed by atoms with E-state index in [0.29, 0.717) is 44.2 Å². The molecule has 1 saturated heterocycles. The third-order valence-corrected chi connectivity index (χ3v) is 4.14. The minimum Gasteiger partial charge on any atom is -0.461 e. The summed E-state index contributed by atoms with van der Waals surface area (Å²) in [6.45, 7) is 6.13. The monoisotopic (exact) mass is 361 g/mol. The maximum absolute atomic E-state index is 12.8. The molecule has 0 radical (unpaired) electrons. The standard InChI is InChI=1S/C18H23N3O5/c1-12(2)10-14(18(23)21-5-8-24-9-6-21)19-17(22)13-11-16(26-20-13)15-4-3-7-25-15/h3-4,7,11-12,14H,5-6,8-10H2,1-2H3,(H,19,22)/t14-/m0/s1. The van der Waals surface area contributed by atoms with Crippen LogP contribution in [0.1, 0.15) is 30.8 Å². The number of carbonyl (C=O) groups is 2. The third kappa shape index (κ3) is 4.32. The molecule has 0 unspecified atom stereocenters. The van der Waals surface area contributed by atoms with Crippen molar-refractivity contribution in [3.05, 3.63) is 30.2 Å². The molecule has 0 aromatic carbocycles. The summed E-state index contributed by atoms with van der Waals surface area (Å²) in [5.74, 6) is 0.560. The Balaban J connectivity index is 1.69. The van der Waals surface area contributed by atoms with Crippen LogP contribution in [-0.4, -0.2) is 54.2 Å². The van der Waals surface area contributed by atoms with Crippen molar-refractivity contribution in [1.82, 2.24) is 15.4 Å². The second-order valence-electron chi connectivity index (χ2n) is 6.65. The van der Waals surface area contributed by atoms with Gasteiger partial charge in [0, 0.05) is 19.2 Å². The summed E-state index contributed by atoms with van der Waals surface area (Å²) in [6.07, 6.45) is 2.06. The SMILES string of the molecule is CC(C)C[C@H](NC(=O)c1cc(-c2ccco2)on1)C(=O)N1CCOCC1. The Kier molecular flexibility index (Phi) is 5.72. The van der Waals surface area contributed by atoms with E-state index in [1.807, 2.05) is 13.8 Å². The van der Waals surface area contributed by atoms with E-state index in [1.165, 1.54) is 12.3 Å². The molecule has 1 fully saturated rings. The third-order valence-electron chi connectivity index (χ3n) is 4.14. The van der Waals surface area contributed by atoms with Crippen LogP contribution in [0.2, 0.25) is 0 Å². The summed E-state index contributed by atoms with van der Waals surface area (Å²) < 4.78 is 15.7. The molecule has 1 N–H and O–H groups in total. The highest BCUT2D eigenvalue weighted by molar-refractivity contribution is 5.96. The van der Waals surface area contributed by atoms with Gasteiger partial charge in [-0.25, -0.2) is 0 Å². The predicted molar refractivity (Wildman–Crippen MR) is 92.3 cm³/mol. The zero-order chi connectivity index (χ0) is 18.5. The van der Waals surface area contributed by atoms with Gasteiger partial charge >= 0.3 is 0 Å². The summed E-state index contributed by atoms with van der Waals surface area (Å²) in [7, 11) is 0. The summed E-state index contributed by atoms with van der Waals surface area (Å²) >= 11 is 0. The number of nitrogens with zero attached hydrogens (tertiary/aromatic N) is 2. The van der Waals surface area contributed by atoms with Crippen LogP contribution in [0.5, 0.6) is 0 Å². The van der Waals surface area contributed by atoms with E-state index in [-0.39, 0.29) is 17.5 Å². The van der Waals surface area contributed by atoms with Gasteiger partial charge in [0.2, 0.25) is 11.7 Å². The Morgan fingerprint density at radius 1 is 1.27 bits per heavy atom. The average molecular weight is 361 g/mol. The van der Waals surface area contributed by atoms with Crippen LogP contribution in [0, 0.1) is 5.92 Å². The Morgan fingerprint density at radius 3 is 2.69 bits per heavy atom. The highest BCUT2D eigenvalue weighted by Gasteiger charge is 2.29. The minimum absolute atomic E-state index is 0.0925. The topological polar surface area (TPSA) is 97.8 Å². The quantitative estimate of drug-likeness (QED) is 0.844. The van der Waals surface area contributed by atoms with Crippen LogP contribution in [0.25, 0.3) is 11.5 Å². The zero-order valence-corrected chi connectivity index (χ0v) is 14.9. The molecular weight excluding hydrogens is 338 g/mol. The molecule has 26 heavy (non-hydrogen) atoms. The summed E-state index contributed by atoms with van der Waals surface area (Å²) in [4.78, 5) is 27.1. The van der Waals surface area contributed by atoms with Crippen LogP contribution in [0.4, 0.5) is 0 Å². The molecule has 0 saturated carbocycles. The van der Waals surface area contributed by atoms with E-state index in [9.17, 15) is 9.59 Å². The normalized spacial score (nSPS) is 15.9. The van der Waals surface area contributed by atoms with Crippen molar-refractivity contribution >= 4 is 11.8 Å². The lowest BCUT2D eigenvalue weighted by molar-refractivity contribution is -0.137. The van der Waals surface area contributed by atoms with Gasteiger partial charge < -0.3 is 23.9 Å². The van der Waals surface area contributed by atoms with E-state index < -0.39 is 11.9 Å². The van der Waals surface area contributed by atoms with Gasteiger partial charge in [-0.05, 0) is 24.5 Å². The first kappa shape index (κ1) is 18.2. The summed E-state index contributed by atoms with van der Waals surface area (Å²) in [5, 5.41) is 6.58. The van der Waals surface area contributed by atoms with Crippen LogP contribution in [0.15, 0.2) is 33.4 Å². The van der Waals surface area contributed by atoms with Gasteiger partial charge in [0.05, 0.1) is 19.5 Å². The smallest absolute Gasteiger partial charge is 0.274 e. The molecule has 3 heterocycles. The fourth-order valence-corrected chi connectivity index (χ4v) is 2.85. The van der Waals surface area contributed by atoms with Gasteiger partial charge in [-0.1, -0.05) is 19.0 Å². The first-order valence-corrected chi connectivity index (χ1v) is 8.72. The lowest BCUT2D eigenvalue weighted by Gasteiger charge is -2.31. The molecule has 2 aromatic heterocycles. The van der Waals surface area contributed by atoms with Gasteiger partial charge in [-0.15, -0.1) is 0 Å². The number of aromatic nitrogens is 1. The van der Waals surface area contributed by atoms with Gasteiger partial charge in [0.15, 0.2) is 11.5 Å². The maximum Gasteiger partial charge on any atom is 0.274 e. The highest BCUT2D eigenvalue weighted by Crippen LogP contribution is 2.20. The van der Waals surface area contributed by atoms with Crippen LogP contribution >= 0.6 is 0 Å². The molecule has 140 valence electrons. The lowest BCUT2D eigenvalue weighted by atomic mass is 10.0. The number of amides is 2. The summed E-state index contributed by atoms with van der Waals surface area (Å²) in [5.41, 5.74) is 0.111. The molecule has 1 atom stereocenters. The minimum atomic E-state index is -0.607. The van der Waals surface area contributed by atoms with Crippen LogP contribution in [-0.2, 0) is 9.53 Å². The lowest BCUT2D eigenvalue weighted by Crippen LogP contribution is -2.52. The van der Waals surface area contributed by atoms with E-state index >= 15 is 0 Å². The molecule has 1 aliphatic rings. The largest absolute Gasteiger partial charge is 0.461 e. The molecule has 3 rings (SSSR count). The Bertz CT molecular complexity index is 732. The Morgan fingerprint density at radius 2 is 2.04 bits per heavy atom. The molecule has 2 amide bonds. The fourth-order valence-electron chi connectivity index (χ4n) is 2.85. The number of nitrogens with one attached hydrogen (secondary N) is 1. The van der Waals surface area contributed by atoms with Crippen molar-refractivity contribution in [3.63, 3.8) is 0 Å². The number of hydrogen-bond acceptors (Lipinski definition) is 6. The molecule has 0 aliphatic carbocycles. The number of rotatable bonds is 6. The van der Waals surface area contributed by atoms with Gasteiger partial charge in [0.25, 0.3) is 5.91 Å². The molecular formula is C18H23N3O5. The Hall–Kier alpha value is -2.61. The van der Waals surface area contributed by atoms with E-state index in [0.717, 1.165) is 0 Å². The second-order valence-corrected chi connectivity index (χ2v) is 6.65. The van der Waals surface area contributed by atoms with Crippen molar-refractivity contribution in [1.29, 1.82) is 0 Å². The predicted octanol–water partition coefficient (Wildman–Crippen LogP) is 1.94. The first-order valence-electron chi connectivity index (χ1n) is 8.72. The summed E-state index contributed by atoms with van der Waals surface area (Å²) in [6, 6.07) is 4.33. The van der Waals surface area contributed by atoms with Gasteiger partial charge in [-0.3, -0.25) is 9.59 Å². The Labute approximate surface area is 151 Å². The van der Waals surface area contributed by atoms with Crippen molar-refractivity contribution in [2.45, 2.75) is 26.3 Å². The zero-order valence-electron chi connectivity index (χ0n) is 14.9. The maximum atomic E-state index is 12.8. The van der Waals surface area contributed by atoms with Crippen LogP contribution < -0.4 is 5.32 Å². The number of ether oxygens (including phenoxy) is 1. The van der Waals surface area contributed by atoms with Gasteiger partial charge in [0.1, 0.15) is 6.04 Å². The first-order chi connectivity index (χ1) is 12.5. The van der Waals surface area contributed by atoms with Crippen LogP contribution in [0.3, 0.4) is 0 Å². The van der Waals surface area contributed by atoms with E-state index in [1.54, 1.807) is 17.0 Å². The molecule has 1 aliphatic heterocycles. The van der Waals surface area contributed by atoms with E-state index in [2.05, 4.69) is 10.5 Å². The number of hydrogen-bond donors (Lipinski definition) is 1. The number of morpholine rings is 1. The van der Waals surface area contributed by atoms with Crippen molar-refractivity contribution in [2.75, 3.05) is 26.3 Å². The second kappa shape index (κ2) is 8.18. The molecule has 2 aromatic rings. The molecule has 0 spiro atoms. The molecule has 8 heteroatoms. The average Bonchev–Trinajstić information content (AvgIpc) is 3.32. The van der Waals surface area contributed by atoms with Gasteiger partial charge in [-0.2, -0.15) is 0 Å². The van der Waals surface area contributed by atoms with E-state index in [4.69, 9.17) is 13.7 Å². The molecule has 0 bridgehead atoms. The highest BCUT2D eigenvalue weighted by atomic mass is 16.5. The number of furan rings is 1. The van der Waals surface area contributed by atoms with Crippen molar-refractivity contribution < 1.29 is 23.3 Å². The fraction of sp³-hybridized carbons (Fsp3) is 0.500. The van der Waals surface area contributed by atoms with Crippen molar-refractivity contribution in [3.8, 4) is 11.5 Å².